The van der Waals surface area contributed by atoms with Gasteiger partial charge in [-0.25, -0.2) is 0 Å². The first-order valence-corrected chi connectivity index (χ1v) is 8.36. The minimum atomic E-state index is -4.43. The molecule has 2 aromatic carbocycles. The highest BCUT2D eigenvalue weighted by atomic mass is 19.4. The number of hydrogen-bond acceptors (Lipinski definition) is 3. The molecule has 0 radical (unpaired) electrons. The summed E-state index contributed by atoms with van der Waals surface area (Å²) in [7, 11) is 0. The van der Waals surface area contributed by atoms with E-state index in [1.807, 2.05) is 0 Å². The van der Waals surface area contributed by atoms with E-state index >= 15 is 0 Å². The summed E-state index contributed by atoms with van der Waals surface area (Å²) >= 11 is 0. The Hall–Kier alpha value is -3.03. The fraction of sp³-hybridized carbons (Fsp3) is 0.263. The first-order chi connectivity index (χ1) is 12.7. The lowest BCUT2D eigenvalue weighted by molar-refractivity contribution is -0.137. The average Bonchev–Trinajstić information content (AvgIpc) is 3.03. The maximum atomic E-state index is 12.7. The zero-order valence-corrected chi connectivity index (χ0v) is 14.6. The van der Waals surface area contributed by atoms with Crippen molar-refractivity contribution in [3.8, 4) is 0 Å². The second-order valence-corrected chi connectivity index (χ2v) is 6.24. The molecule has 0 bridgehead atoms. The number of amides is 2. The molecule has 0 saturated heterocycles. The molecule has 0 saturated carbocycles. The molecule has 5 nitrogen and oxygen atoms in total. The number of carbonyl (C=O) groups is 2. The Bertz CT molecular complexity index is 881. The van der Waals surface area contributed by atoms with Gasteiger partial charge in [-0.3, -0.25) is 9.59 Å². The van der Waals surface area contributed by atoms with Gasteiger partial charge in [-0.2, -0.15) is 13.2 Å². The molecule has 27 heavy (non-hydrogen) atoms. The molecule has 0 atom stereocenters. The highest BCUT2D eigenvalue weighted by Crippen LogP contribution is 2.31. The van der Waals surface area contributed by atoms with Crippen molar-refractivity contribution >= 4 is 28.9 Å². The SMILES string of the molecule is CC(=O)N1CCc2cc(NC(=O)CNc3cccc(C(F)(F)F)c3)ccc21. The fourth-order valence-corrected chi connectivity index (χ4v) is 3.00. The third-order valence-corrected chi connectivity index (χ3v) is 4.28. The van der Waals surface area contributed by atoms with Crippen LogP contribution < -0.4 is 15.5 Å². The molecule has 0 fully saturated rings. The molecular weight excluding hydrogens is 359 g/mol. The van der Waals surface area contributed by atoms with Crippen molar-refractivity contribution in [2.45, 2.75) is 19.5 Å². The molecule has 1 aliphatic rings. The minimum absolute atomic E-state index is 0.0316. The Kier molecular flexibility index (Phi) is 5.07. The smallest absolute Gasteiger partial charge is 0.376 e. The summed E-state index contributed by atoms with van der Waals surface area (Å²) in [6.07, 6.45) is -3.72. The molecule has 2 aromatic rings. The van der Waals surface area contributed by atoms with Crippen LogP contribution in [0, 0.1) is 0 Å². The van der Waals surface area contributed by atoms with E-state index in [9.17, 15) is 22.8 Å². The number of hydrogen-bond donors (Lipinski definition) is 2. The van der Waals surface area contributed by atoms with Crippen LogP contribution in [-0.2, 0) is 22.2 Å². The minimum Gasteiger partial charge on any atom is -0.376 e. The van der Waals surface area contributed by atoms with Gasteiger partial charge in [0, 0.05) is 30.5 Å². The second kappa shape index (κ2) is 7.30. The number of rotatable bonds is 4. The van der Waals surface area contributed by atoms with Crippen LogP contribution in [0.5, 0.6) is 0 Å². The molecule has 2 N–H and O–H groups in total. The van der Waals surface area contributed by atoms with Crippen LogP contribution in [0.4, 0.5) is 30.2 Å². The molecule has 2 amide bonds. The second-order valence-electron chi connectivity index (χ2n) is 6.24. The average molecular weight is 377 g/mol. The van der Waals surface area contributed by atoms with Gasteiger partial charge < -0.3 is 15.5 Å². The van der Waals surface area contributed by atoms with E-state index < -0.39 is 11.7 Å². The first kappa shape index (κ1) is 18.8. The predicted molar refractivity (Wildman–Crippen MR) is 96.7 cm³/mol. The molecule has 3 rings (SSSR count). The van der Waals surface area contributed by atoms with Crippen LogP contribution in [0.1, 0.15) is 18.1 Å². The van der Waals surface area contributed by atoms with Gasteiger partial charge in [0.05, 0.1) is 12.1 Å². The van der Waals surface area contributed by atoms with Crippen LogP contribution in [-0.4, -0.2) is 24.9 Å². The summed E-state index contributed by atoms with van der Waals surface area (Å²) in [6.45, 7) is 1.95. The number of alkyl halides is 3. The van der Waals surface area contributed by atoms with Gasteiger partial charge >= 0.3 is 6.18 Å². The van der Waals surface area contributed by atoms with E-state index in [1.165, 1.54) is 19.1 Å². The van der Waals surface area contributed by atoms with Crippen molar-refractivity contribution in [2.75, 3.05) is 28.6 Å². The van der Waals surface area contributed by atoms with Crippen molar-refractivity contribution in [2.24, 2.45) is 0 Å². The highest BCUT2D eigenvalue weighted by molar-refractivity contribution is 5.96. The number of fused-ring (bicyclic) bond motifs is 1. The van der Waals surface area contributed by atoms with Gasteiger partial charge in [-0.1, -0.05) is 6.07 Å². The highest BCUT2D eigenvalue weighted by Gasteiger charge is 2.30. The van der Waals surface area contributed by atoms with E-state index in [-0.39, 0.29) is 24.0 Å². The Balaban J connectivity index is 1.60. The van der Waals surface area contributed by atoms with E-state index in [4.69, 9.17) is 0 Å². The maximum absolute atomic E-state index is 12.7. The molecule has 1 heterocycles. The van der Waals surface area contributed by atoms with Gasteiger partial charge in [0.2, 0.25) is 11.8 Å². The van der Waals surface area contributed by atoms with Crippen molar-refractivity contribution in [3.05, 3.63) is 53.6 Å². The molecule has 0 aromatic heterocycles. The van der Waals surface area contributed by atoms with E-state index in [2.05, 4.69) is 10.6 Å². The number of halogens is 3. The predicted octanol–water partition coefficient (Wildman–Crippen LogP) is 3.67. The Morgan fingerprint density at radius 1 is 1.11 bits per heavy atom. The van der Waals surface area contributed by atoms with Crippen LogP contribution in [0.15, 0.2) is 42.5 Å². The molecule has 1 aliphatic heterocycles. The van der Waals surface area contributed by atoms with Gasteiger partial charge in [0.1, 0.15) is 0 Å². The van der Waals surface area contributed by atoms with Gasteiger partial charge in [-0.15, -0.1) is 0 Å². The Labute approximate surface area is 154 Å². The molecule has 142 valence electrons. The summed E-state index contributed by atoms with van der Waals surface area (Å²) in [6, 6.07) is 9.96. The summed E-state index contributed by atoms with van der Waals surface area (Å²) in [5, 5.41) is 5.39. The summed E-state index contributed by atoms with van der Waals surface area (Å²) < 4.78 is 38.1. The maximum Gasteiger partial charge on any atom is 0.416 e. The number of nitrogens with zero attached hydrogens (tertiary/aromatic N) is 1. The van der Waals surface area contributed by atoms with Crippen molar-refractivity contribution in [1.29, 1.82) is 0 Å². The van der Waals surface area contributed by atoms with Gasteiger partial charge in [0.15, 0.2) is 0 Å². The molecule has 0 spiro atoms. The first-order valence-electron chi connectivity index (χ1n) is 8.36. The Morgan fingerprint density at radius 2 is 1.89 bits per heavy atom. The van der Waals surface area contributed by atoms with Gasteiger partial charge in [0.25, 0.3) is 0 Å². The lowest BCUT2D eigenvalue weighted by atomic mass is 10.1. The van der Waals surface area contributed by atoms with E-state index in [0.29, 0.717) is 18.7 Å². The van der Waals surface area contributed by atoms with E-state index in [1.54, 1.807) is 23.1 Å². The molecule has 8 heteroatoms. The number of nitrogens with one attached hydrogen (secondary N) is 2. The molecule has 0 unspecified atom stereocenters. The number of carbonyl (C=O) groups excluding carboxylic acids is 2. The largest absolute Gasteiger partial charge is 0.416 e. The van der Waals surface area contributed by atoms with Gasteiger partial charge in [-0.05, 0) is 48.4 Å². The summed E-state index contributed by atoms with van der Waals surface area (Å²) in [4.78, 5) is 25.3. The monoisotopic (exact) mass is 377 g/mol. The lowest BCUT2D eigenvalue weighted by Crippen LogP contribution is -2.25. The molecular formula is C19H18F3N3O2. The summed E-state index contributed by atoms with van der Waals surface area (Å²) in [5.41, 5.74) is 1.82. The quantitative estimate of drug-likeness (QED) is 0.855. The normalized spacial score (nSPS) is 13.3. The number of benzene rings is 2. The van der Waals surface area contributed by atoms with Crippen molar-refractivity contribution in [1.82, 2.24) is 0 Å². The number of anilines is 3. The fourth-order valence-electron chi connectivity index (χ4n) is 3.00. The van der Waals surface area contributed by atoms with Crippen molar-refractivity contribution < 1.29 is 22.8 Å². The Morgan fingerprint density at radius 3 is 2.59 bits per heavy atom. The van der Waals surface area contributed by atoms with Crippen LogP contribution in [0.3, 0.4) is 0 Å². The molecule has 0 aliphatic carbocycles. The van der Waals surface area contributed by atoms with E-state index in [0.717, 1.165) is 23.4 Å². The topological polar surface area (TPSA) is 61.4 Å². The lowest BCUT2D eigenvalue weighted by Gasteiger charge is -2.15. The van der Waals surface area contributed by atoms with Crippen molar-refractivity contribution in [3.63, 3.8) is 0 Å². The summed E-state index contributed by atoms with van der Waals surface area (Å²) in [5.74, 6) is -0.412. The zero-order valence-electron chi connectivity index (χ0n) is 14.6. The standard InChI is InChI=1S/C19H18F3N3O2/c1-12(26)25-8-7-13-9-16(5-6-17(13)25)24-18(27)11-23-15-4-2-3-14(10-15)19(20,21)22/h2-6,9-10,23H,7-8,11H2,1H3,(H,24,27). The van der Waals surface area contributed by atoms with Crippen LogP contribution >= 0.6 is 0 Å². The third-order valence-electron chi connectivity index (χ3n) is 4.28. The van der Waals surface area contributed by atoms with Crippen LogP contribution in [0.2, 0.25) is 0 Å². The zero-order chi connectivity index (χ0) is 19.6. The third kappa shape index (κ3) is 4.39. The van der Waals surface area contributed by atoms with Crippen LogP contribution in [0.25, 0.3) is 0 Å².